The van der Waals surface area contributed by atoms with E-state index in [2.05, 4.69) is 10.3 Å². The summed E-state index contributed by atoms with van der Waals surface area (Å²) < 4.78 is 46.4. The van der Waals surface area contributed by atoms with Crippen molar-refractivity contribution in [2.75, 3.05) is 11.9 Å². The van der Waals surface area contributed by atoms with Gasteiger partial charge in [-0.3, -0.25) is 4.98 Å². The molecule has 2 N–H and O–H groups in total. The SMILES string of the molecule is O=C(O)c1ccncc1NCC1c2ccccc2CCC1Oc1ccccc1C(F)(F)F. The Morgan fingerprint density at radius 1 is 1.12 bits per heavy atom. The number of alkyl halides is 3. The monoisotopic (exact) mass is 442 g/mol. The Kier molecular flexibility index (Phi) is 6.03. The second-order valence-corrected chi connectivity index (χ2v) is 7.60. The van der Waals surface area contributed by atoms with E-state index in [0.29, 0.717) is 18.5 Å². The molecule has 0 amide bonds. The zero-order chi connectivity index (χ0) is 22.7. The maximum atomic E-state index is 13.5. The molecule has 32 heavy (non-hydrogen) atoms. The van der Waals surface area contributed by atoms with Gasteiger partial charge in [0.15, 0.2) is 0 Å². The highest BCUT2D eigenvalue weighted by molar-refractivity contribution is 5.93. The average molecular weight is 442 g/mol. The fourth-order valence-corrected chi connectivity index (χ4v) is 4.11. The number of hydrogen-bond acceptors (Lipinski definition) is 4. The van der Waals surface area contributed by atoms with Crippen LogP contribution in [0.2, 0.25) is 0 Å². The van der Waals surface area contributed by atoms with Gasteiger partial charge in [0.1, 0.15) is 11.9 Å². The molecule has 0 saturated carbocycles. The zero-order valence-corrected chi connectivity index (χ0v) is 17.0. The molecule has 0 bridgehead atoms. The molecule has 2 atom stereocenters. The molecule has 1 aliphatic carbocycles. The topological polar surface area (TPSA) is 71.5 Å². The van der Waals surface area contributed by atoms with Crippen LogP contribution in [-0.4, -0.2) is 28.7 Å². The van der Waals surface area contributed by atoms with Crippen molar-refractivity contribution in [3.63, 3.8) is 0 Å². The number of aromatic nitrogens is 1. The molecule has 4 rings (SSSR count). The van der Waals surface area contributed by atoms with Gasteiger partial charge in [0.25, 0.3) is 0 Å². The van der Waals surface area contributed by atoms with E-state index in [-0.39, 0.29) is 23.8 Å². The van der Waals surface area contributed by atoms with Crippen molar-refractivity contribution < 1.29 is 27.8 Å². The third-order valence-electron chi connectivity index (χ3n) is 5.64. The number of para-hydroxylation sites is 1. The number of pyridine rings is 1. The van der Waals surface area contributed by atoms with Gasteiger partial charge in [0, 0.05) is 18.7 Å². The van der Waals surface area contributed by atoms with Crippen LogP contribution in [-0.2, 0) is 12.6 Å². The minimum absolute atomic E-state index is 0.0731. The van der Waals surface area contributed by atoms with Gasteiger partial charge in [-0.2, -0.15) is 13.2 Å². The van der Waals surface area contributed by atoms with Crippen LogP contribution in [0.15, 0.2) is 67.0 Å². The molecule has 1 heterocycles. The van der Waals surface area contributed by atoms with Gasteiger partial charge >= 0.3 is 12.1 Å². The minimum atomic E-state index is -4.52. The summed E-state index contributed by atoms with van der Waals surface area (Å²) in [5.41, 5.74) is 1.68. The van der Waals surface area contributed by atoms with Crippen molar-refractivity contribution in [1.29, 1.82) is 0 Å². The number of carbonyl (C=O) groups is 1. The van der Waals surface area contributed by atoms with E-state index in [9.17, 15) is 23.1 Å². The molecule has 5 nitrogen and oxygen atoms in total. The van der Waals surface area contributed by atoms with Crippen molar-refractivity contribution in [2.24, 2.45) is 0 Å². The van der Waals surface area contributed by atoms with Crippen LogP contribution in [0.1, 0.15) is 39.4 Å². The average Bonchev–Trinajstić information content (AvgIpc) is 2.78. The highest BCUT2D eigenvalue weighted by atomic mass is 19.4. The first-order valence-corrected chi connectivity index (χ1v) is 10.2. The number of halogens is 3. The van der Waals surface area contributed by atoms with E-state index >= 15 is 0 Å². The number of carboxylic acid groups (broad SMARTS) is 1. The lowest BCUT2D eigenvalue weighted by Gasteiger charge is -2.35. The van der Waals surface area contributed by atoms with Gasteiger partial charge in [0.05, 0.1) is 23.0 Å². The van der Waals surface area contributed by atoms with Gasteiger partial charge < -0.3 is 15.2 Å². The van der Waals surface area contributed by atoms with Crippen molar-refractivity contribution in [3.8, 4) is 5.75 Å². The van der Waals surface area contributed by atoms with Crippen LogP contribution in [0.25, 0.3) is 0 Å². The Morgan fingerprint density at radius 2 is 1.88 bits per heavy atom. The first-order valence-electron chi connectivity index (χ1n) is 10.2. The fraction of sp³-hybridized carbons (Fsp3) is 0.250. The predicted molar refractivity (Wildman–Crippen MR) is 113 cm³/mol. The maximum absolute atomic E-state index is 13.5. The van der Waals surface area contributed by atoms with Crippen molar-refractivity contribution in [3.05, 3.63) is 89.2 Å². The Hall–Kier alpha value is -3.55. The van der Waals surface area contributed by atoms with Crippen LogP contribution in [0.4, 0.5) is 18.9 Å². The molecular weight excluding hydrogens is 421 g/mol. The molecule has 2 aromatic carbocycles. The molecule has 3 aromatic rings. The number of ether oxygens (including phenoxy) is 1. The highest BCUT2D eigenvalue weighted by Crippen LogP contribution is 2.40. The molecule has 0 saturated heterocycles. The summed E-state index contributed by atoms with van der Waals surface area (Å²) in [6, 6.07) is 14.3. The second-order valence-electron chi connectivity index (χ2n) is 7.60. The van der Waals surface area contributed by atoms with E-state index in [1.165, 1.54) is 36.7 Å². The number of fused-ring (bicyclic) bond motifs is 1. The third-order valence-corrected chi connectivity index (χ3v) is 5.64. The molecule has 166 valence electrons. The summed E-state index contributed by atoms with van der Waals surface area (Å²) in [4.78, 5) is 15.5. The van der Waals surface area contributed by atoms with Gasteiger partial charge in [-0.15, -0.1) is 0 Å². The summed E-state index contributed by atoms with van der Waals surface area (Å²) in [7, 11) is 0. The molecular formula is C24H21F3N2O3. The summed E-state index contributed by atoms with van der Waals surface area (Å²) in [6.07, 6.45) is -1.01. The van der Waals surface area contributed by atoms with Crippen molar-refractivity contribution in [2.45, 2.75) is 31.0 Å². The van der Waals surface area contributed by atoms with Gasteiger partial charge in [0.2, 0.25) is 0 Å². The highest BCUT2D eigenvalue weighted by Gasteiger charge is 2.37. The van der Waals surface area contributed by atoms with Gasteiger partial charge in [-0.25, -0.2) is 4.79 Å². The number of hydrogen-bond donors (Lipinski definition) is 2. The smallest absolute Gasteiger partial charge is 0.419 e. The predicted octanol–water partition coefficient (Wildman–Crippen LogP) is 5.39. The van der Waals surface area contributed by atoms with E-state index in [0.717, 1.165) is 17.2 Å². The Labute approximate surface area is 182 Å². The Balaban J connectivity index is 1.64. The molecule has 2 unspecified atom stereocenters. The van der Waals surface area contributed by atoms with Crippen LogP contribution in [0, 0.1) is 0 Å². The summed E-state index contributed by atoms with van der Waals surface area (Å²) in [5.74, 6) is -1.59. The van der Waals surface area contributed by atoms with E-state index in [1.807, 2.05) is 24.3 Å². The fourth-order valence-electron chi connectivity index (χ4n) is 4.11. The zero-order valence-electron chi connectivity index (χ0n) is 17.0. The number of nitrogens with zero attached hydrogens (tertiary/aromatic N) is 1. The van der Waals surface area contributed by atoms with Crippen LogP contribution < -0.4 is 10.1 Å². The third kappa shape index (κ3) is 4.54. The number of nitrogens with one attached hydrogen (secondary N) is 1. The van der Waals surface area contributed by atoms with Gasteiger partial charge in [-0.05, 0) is 42.2 Å². The Morgan fingerprint density at radius 3 is 2.66 bits per heavy atom. The number of aryl methyl sites for hydroxylation is 1. The first kappa shape index (κ1) is 21.7. The van der Waals surface area contributed by atoms with Crippen molar-refractivity contribution >= 4 is 11.7 Å². The molecule has 1 aliphatic rings. The number of anilines is 1. The standard InChI is InChI=1S/C24H21F3N2O3/c25-24(26,27)19-7-3-4-8-22(19)32-21-10-9-15-5-1-2-6-16(15)18(21)13-29-20-14-28-12-11-17(20)23(30)31/h1-8,11-12,14,18,21,29H,9-10,13H2,(H,30,31). The lowest BCUT2D eigenvalue weighted by molar-refractivity contribution is -0.139. The summed E-state index contributed by atoms with van der Waals surface area (Å²) in [6.45, 7) is 0.280. The first-order chi connectivity index (χ1) is 15.3. The number of rotatable bonds is 6. The largest absolute Gasteiger partial charge is 0.489 e. The Bertz CT molecular complexity index is 1120. The van der Waals surface area contributed by atoms with Gasteiger partial charge in [-0.1, -0.05) is 36.4 Å². The summed E-state index contributed by atoms with van der Waals surface area (Å²) >= 11 is 0. The number of benzene rings is 2. The molecule has 0 fully saturated rings. The quantitative estimate of drug-likeness (QED) is 0.536. The molecule has 1 aromatic heterocycles. The molecule has 0 radical (unpaired) electrons. The second kappa shape index (κ2) is 8.90. The molecule has 8 heteroatoms. The van der Waals surface area contributed by atoms with E-state index in [4.69, 9.17) is 4.74 Å². The molecule has 0 spiro atoms. The lowest BCUT2D eigenvalue weighted by Crippen LogP contribution is -2.35. The van der Waals surface area contributed by atoms with E-state index < -0.39 is 23.8 Å². The molecule has 0 aliphatic heterocycles. The number of aromatic carboxylic acids is 1. The van der Waals surface area contributed by atoms with Crippen LogP contribution >= 0.6 is 0 Å². The van der Waals surface area contributed by atoms with Crippen LogP contribution in [0.3, 0.4) is 0 Å². The number of carboxylic acids is 1. The minimum Gasteiger partial charge on any atom is -0.489 e. The lowest BCUT2D eigenvalue weighted by atomic mass is 9.80. The van der Waals surface area contributed by atoms with Crippen LogP contribution in [0.5, 0.6) is 5.75 Å². The van der Waals surface area contributed by atoms with Crippen molar-refractivity contribution in [1.82, 2.24) is 4.98 Å². The summed E-state index contributed by atoms with van der Waals surface area (Å²) in [5, 5.41) is 12.5. The maximum Gasteiger partial charge on any atom is 0.419 e. The normalized spacial score (nSPS) is 18.0. The van der Waals surface area contributed by atoms with E-state index in [1.54, 1.807) is 0 Å².